The van der Waals surface area contributed by atoms with Gasteiger partial charge >= 0.3 is 0 Å². The van der Waals surface area contributed by atoms with E-state index in [0.29, 0.717) is 56.0 Å². The molecule has 0 saturated carbocycles. The Labute approximate surface area is 199 Å². The average molecular weight is 492 g/mol. The van der Waals surface area contributed by atoms with Gasteiger partial charge in [-0.25, -0.2) is 13.1 Å². The second-order valence-electron chi connectivity index (χ2n) is 8.05. The largest absolute Gasteiger partial charge is 0.486 e. The highest BCUT2D eigenvalue weighted by Crippen LogP contribution is 2.32. The molecule has 0 fully saturated rings. The smallest absolute Gasteiger partial charge is 0.269 e. The Hall–Kier alpha value is -3.18. The number of carbonyl (C=O) groups is 1. The number of non-ortho nitro benzene ring substituents is 1. The summed E-state index contributed by atoms with van der Waals surface area (Å²) in [4.78, 5) is 24.7. The number of benzene rings is 2. The van der Waals surface area contributed by atoms with Crippen molar-refractivity contribution in [3.8, 4) is 11.5 Å². The summed E-state index contributed by atoms with van der Waals surface area (Å²) in [5.74, 6) is 0.867. The first-order valence-corrected chi connectivity index (χ1v) is 12.6. The van der Waals surface area contributed by atoms with Crippen LogP contribution >= 0.6 is 0 Å². The number of ether oxygens (including phenoxy) is 2. The van der Waals surface area contributed by atoms with Crippen LogP contribution in [0.4, 0.5) is 5.69 Å². The van der Waals surface area contributed by atoms with Crippen LogP contribution in [0.1, 0.15) is 44.2 Å². The Balaban J connectivity index is 1.41. The van der Waals surface area contributed by atoms with E-state index in [1.165, 1.54) is 24.3 Å². The zero-order chi connectivity index (χ0) is 24.7. The van der Waals surface area contributed by atoms with Crippen molar-refractivity contribution in [2.24, 2.45) is 0 Å². The quantitative estimate of drug-likeness (QED) is 0.290. The number of hydrogen-bond acceptors (Lipinski definition) is 7. The molecule has 2 aromatic carbocycles. The van der Waals surface area contributed by atoms with Crippen molar-refractivity contribution in [1.29, 1.82) is 0 Å². The molecule has 10 nitrogen and oxygen atoms in total. The zero-order valence-electron chi connectivity index (χ0n) is 19.2. The summed E-state index contributed by atoms with van der Waals surface area (Å²) in [5, 5.41) is 11.0. The molecule has 11 heteroatoms. The summed E-state index contributed by atoms with van der Waals surface area (Å²) in [7, 11) is -2.00. The van der Waals surface area contributed by atoms with Gasteiger partial charge in [-0.05, 0) is 37.5 Å². The van der Waals surface area contributed by atoms with E-state index in [1.807, 2.05) is 6.92 Å². The summed E-state index contributed by atoms with van der Waals surface area (Å²) in [6, 6.07) is 10.5. The Bertz CT molecular complexity index is 1140. The number of rotatable bonds is 11. The minimum absolute atomic E-state index is 0.0103. The third-order valence-corrected chi connectivity index (χ3v) is 7.18. The molecule has 184 valence electrons. The van der Waals surface area contributed by atoms with Gasteiger partial charge in [0.15, 0.2) is 11.5 Å². The number of sulfonamides is 1. The molecule has 1 atom stereocenters. The molecule has 0 aromatic heterocycles. The maximum atomic E-state index is 12.5. The van der Waals surface area contributed by atoms with Crippen LogP contribution in [0.25, 0.3) is 0 Å². The van der Waals surface area contributed by atoms with E-state index in [-0.39, 0.29) is 29.1 Å². The van der Waals surface area contributed by atoms with Crippen molar-refractivity contribution in [2.45, 2.75) is 43.5 Å². The van der Waals surface area contributed by atoms with Gasteiger partial charge in [-0.15, -0.1) is 0 Å². The molecule has 34 heavy (non-hydrogen) atoms. The molecular formula is C23H29N3O7S. The van der Waals surface area contributed by atoms with Gasteiger partial charge in [-0.2, -0.15) is 0 Å². The fourth-order valence-electron chi connectivity index (χ4n) is 3.57. The number of unbranched alkanes of at least 4 members (excludes halogenated alkanes) is 2. The molecule has 0 aliphatic carbocycles. The predicted octanol–water partition coefficient (Wildman–Crippen LogP) is 3.42. The second-order valence-corrected chi connectivity index (χ2v) is 9.81. The minimum atomic E-state index is -3.67. The summed E-state index contributed by atoms with van der Waals surface area (Å²) >= 11 is 0. The average Bonchev–Trinajstić information content (AvgIpc) is 2.84. The summed E-state index contributed by atoms with van der Waals surface area (Å²) in [6.45, 7) is 2.89. The van der Waals surface area contributed by atoms with Crippen LogP contribution in [0.2, 0.25) is 0 Å². The van der Waals surface area contributed by atoms with E-state index in [4.69, 9.17) is 9.47 Å². The normalized spacial score (nSPS) is 13.8. The highest BCUT2D eigenvalue weighted by molar-refractivity contribution is 7.89. The van der Waals surface area contributed by atoms with E-state index < -0.39 is 14.9 Å². The molecule has 2 aromatic rings. The van der Waals surface area contributed by atoms with Crippen LogP contribution in [0, 0.1) is 10.1 Å². The van der Waals surface area contributed by atoms with Crippen molar-refractivity contribution < 1.29 is 27.6 Å². The van der Waals surface area contributed by atoms with Gasteiger partial charge in [0.2, 0.25) is 15.9 Å². The maximum absolute atomic E-state index is 12.5. The predicted molar refractivity (Wildman–Crippen MR) is 125 cm³/mol. The van der Waals surface area contributed by atoms with Crippen molar-refractivity contribution in [3.63, 3.8) is 0 Å². The zero-order valence-corrected chi connectivity index (χ0v) is 20.0. The van der Waals surface area contributed by atoms with Gasteiger partial charge in [-0.1, -0.05) is 18.6 Å². The molecule has 0 spiro atoms. The number of hydrogen-bond donors (Lipinski definition) is 1. The molecule has 3 rings (SSSR count). The molecule has 0 saturated heterocycles. The van der Waals surface area contributed by atoms with E-state index in [0.717, 1.165) is 0 Å². The lowest BCUT2D eigenvalue weighted by Gasteiger charge is -2.25. The standard InChI is InChI=1S/C23H29N3O7S/c1-17(18-7-6-8-19(15-18)26(28)29)25(2)23(27)9-4-3-5-12-24-34(30,31)20-10-11-21-22(16-20)33-14-13-32-21/h6-8,10-11,15-17,24H,3-5,9,12-14H2,1-2H3. The molecule has 1 aliphatic rings. The van der Waals surface area contributed by atoms with Gasteiger partial charge < -0.3 is 14.4 Å². The minimum Gasteiger partial charge on any atom is -0.486 e. The second kappa shape index (κ2) is 11.3. The summed E-state index contributed by atoms with van der Waals surface area (Å²) in [6.07, 6.45) is 2.18. The van der Waals surface area contributed by atoms with Crippen LogP contribution in [0.5, 0.6) is 11.5 Å². The maximum Gasteiger partial charge on any atom is 0.269 e. The monoisotopic (exact) mass is 491 g/mol. The van der Waals surface area contributed by atoms with Crippen molar-refractivity contribution in [2.75, 3.05) is 26.8 Å². The lowest BCUT2D eigenvalue weighted by molar-refractivity contribution is -0.384. The van der Waals surface area contributed by atoms with Crippen LogP contribution in [-0.2, 0) is 14.8 Å². The number of nitro groups is 1. The van der Waals surface area contributed by atoms with E-state index in [9.17, 15) is 23.3 Å². The first kappa shape index (κ1) is 25.4. The van der Waals surface area contributed by atoms with Crippen molar-refractivity contribution >= 4 is 21.6 Å². The number of nitrogens with one attached hydrogen (secondary N) is 1. The first-order valence-electron chi connectivity index (χ1n) is 11.1. The topological polar surface area (TPSA) is 128 Å². The van der Waals surface area contributed by atoms with Crippen LogP contribution < -0.4 is 14.2 Å². The van der Waals surface area contributed by atoms with Crippen molar-refractivity contribution in [1.82, 2.24) is 9.62 Å². The highest BCUT2D eigenvalue weighted by Gasteiger charge is 2.20. The Morgan fingerprint density at radius 1 is 1.12 bits per heavy atom. The number of carbonyl (C=O) groups excluding carboxylic acids is 1. The molecular weight excluding hydrogens is 462 g/mol. The van der Waals surface area contributed by atoms with Gasteiger partial charge in [0.05, 0.1) is 15.9 Å². The summed E-state index contributed by atoms with van der Waals surface area (Å²) in [5.41, 5.74) is 0.683. The highest BCUT2D eigenvalue weighted by atomic mass is 32.2. The van der Waals surface area contributed by atoms with E-state index in [2.05, 4.69) is 4.72 Å². The lowest BCUT2D eigenvalue weighted by atomic mass is 10.1. The Morgan fingerprint density at radius 3 is 2.59 bits per heavy atom. The lowest BCUT2D eigenvalue weighted by Crippen LogP contribution is -2.29. The molecule has 0 radical (unpaired) electrons. The summed E-state index contributed by atoms with van der Waals surface area (Å²) < 4.78 is 38.4. The van der Waals surface area contributed by atoms with Crippen LogP contribution in [0.3, 0.4) is 0 Å². The molecule has 1 N–H and O–H groups in total. The Morgan fingerprint density at radius 2 is 1.85 bits per heavy atom. The van der Waals surface area contributed by atoms with E-state index in [1.54, 1.807) is 30.1 Å². The number of amides is 1. The molecule has 1 amide bonds. The fourth-order valence-corrected chi connectivity index (χ4v) is 4.66. The third kappa shape index (κ3) is 6.45. The third-order valence-electron chi connectivity index (χ3n) is 5.72. The van der Waals surface area contributed by atoms with Gasteiger partial charge in [0, 0.05) is 38.2 Å². The van der Waals surface area contributed by atoms with Gasteiger partial charge in [0.1, 0.15) is 13.2 Å². The number of nitrogens with zero attached hydrogens (tertiary/aromatic N) is 2. The molecule has 0 bridgehead atoms. The number of fused-ring (bicyclic) bond motifs is 1. The Kier molecular flexibility index (Phi) is 8.46. The molecule has 1 aliphatic heterocycles. The van der Waals surface area contributed by atoms with Gasteiger partial charge in [-0.3, -0.25) is 14.9 Å². The molecule has 1 unspecified atom stereocenters. The molecule has 1 heterocycles. The fraction of sp³-hybridized carbons (Fsp3) is 0.435. The van der Waals surface area contributed by atoms with Crippen molar-refractivity contribution in [3.05, 3.63) is 58.1 Å². The van der Waals surface area contributed by atoms with Crippen LogP contribution in [-0.4, -0.2) is 51.0 Å². The van der Waals surface area contributed by atoms with E-state index >= 15 is 0 Å². The number of nitro benzene ring substituents is 1. The SMILES string of the molecule is CC(c1cccc([N+](=O)[O-])c1)N(C)C(=O)CCCCCNS(=O)(=O)c1ccc2c(c1)OCCO2. The van der Waals surface area contributed by atoms with Gasteiger partial charge in [0.25, 0.3) is 5.69 Å². The first-order chi connectivity index (χ1) is 16.2. The van der Waals surface area contributed by atoms with Crippen LogP contribution in [0.15, 0.2) is 47.4 Å².